The highest BCUT2D eigenvalue weighted by molar-refractivity contribution is 6.36. The number of aromatic nitrogens is 2. The zero-order valence-corrected chi connectivity index (χ0v) is 13.9. The van der Waals surface area contributed by atoms with Crippen molar-refractivity contribution in [2.45, 2.75) is 19.8 Å². The van der Waals surface area contributed by atoms with Crippen LogP contribution in [-0.4, -0.2) is 26.6 Å². The summed E-state index contributed by atoms with van der Waals surface area (Å²) in [5.41, 5.74) is 0.630. The van der Waals surface area contributed by atoms with Crippen molar-refractivity contribution < 1.29 is 14.5 Å². The lowest BCUT2D eigenvalue weighted by atomic mass is 9.88. The van der Waals surface area contributed by atoms with Crippen LogP contribution >= 0.6 is 11.6 Å². The Bertz CT molecular complexity index is 900. The van der Waals surface area contributed by atoms with E-state index in [0.29, 0.717) is 24.1 Å². The predicted molar refractivity (Wildman–Crippen MR) is 89.9 cm³/mol. The van der Waals surface area contributed by atoms with Crippen molar-refractivity contribution >= 4 is 34.9 Å². The first kappa shape index (κ1) is 17.0. The molecule has 1 aromatic heterocycles. The van der Waals surface area contributed by atoms with E-state index < -0.39 is 10.8 Å². The molecule has 0 saturated carbocycles. The topological polar surface area (TPSA) is 115 Å². The molecule has 2 aromatic rings. The number of nitrogens with one attached hydrogen (secondary N) is 1. The third kappa shape index (κ3) is 3.34. The summed E-state index contributed by atoms with van der Waals surface area (Å²) in [6.07, 6.45) is 2.45. The predicted octanol–water partition coefficient (Wildman–Crippen LogP) is 3.06. The van der Waals surface area contributed by atoms with Crippen molar-refractivity contribution in [1.29, 1.82) is 0 Å². The summed E-state index contributed by atoms with van der Waals surface area (Å²) in [7, 11) is 0. The van der Waals surface area contributed by atoms with Crippen molar-refractivity contribution in [1.82, 2.24) is 9.97 Å². The first-order valence-corrected chi connectivity index (χ1v) is 7.88. The van der Waals surface area contributed by atoms with E-state index in [2.05, 4.69) is 15.3 Å². The van der Waals surface area contributed by atoms with Crippen LogP contribution in [0.5, 0.6) is 0 Å². The number of ketones is 1. The van der Waals surface area contributed by atoms with Gasteiger partial charge in [0.25, 0.3) is 11.6 Å². The van der Waals surface area contributed by atoms with Gasteiger partial charge in [0.1, 0.15) is 5.02 Å². The van der Waals surface area contributed by atoms with E-state index in [1.807, 2.05) is 6.92 Å². The number of rotatable bonds is 3. The molecule has 1 aliphatic carbocycles. The lowest BCUT2D eigenvalue weighted by molar-refractivity contribution is -0.384. The van der Waals surface area contributed by atoms with Gasteiger partial charge in [-0.1, -0.05) is 24.6 Å². The second-order valence-electron chi connectivity index (χ2n) is 5.84. The number of nitro benzene ring substituents is 1. The molecule has 0 bridgehead atoms. The first-order valence-electron chi connectivity index (χ1n) is 7.50. The molecule has 0 aliphatic heterocycles. The van der Waals surface area contributed by atoms with Crippen LogP contribution in [0.3, 0.4) is 0 Å². The van der Waals surface area contributed by atoms with Crippen molar-refractivity contribution in [3.63, 3.8) is 0 Å². The largest absolute Gasteiger partial charge is 0.294 e. The summed E-state index contributed by atoms with van der Waals surface area (Å²) in [5.74, 6) is -0.491. The molecule has 1 aromatic carbocycles. The Morgan fingerprint density at radius 1 is 1.40 bits per heavy atom. The van der Waals surface area contributed by atoms with Gasteiger partial charge in [-0.3, -0.25) is 25.0 Å². The molecule has 1 aliphatic rings. The SMILES string of the molecule is C[C@H]1CC(=O)c2cnc(NC(=O)c3cccc([N+](=O)[O-])c3Cl)nc2C1. The van der Waals surface area contributed by atoms with Crippen molar-refractivity contribution in [3.05, 3.63) is 56.4 Å². The third-order valence-corrected chi connectivity index (χ3v) is 4.29. The Labute approximate surface area is 147 Å². The number of halogens is 1. The molecule has 0 unspecified atom stereocenters. The summed E-state index contributed by atoms with van der Waals surface area (Å²) in [5, 5.41) is 13.1. The number of fused-ring (bicyclic) bond motifs is 1. The normalized spacial score (nSPS) is 16.2. The molecule has 1 N–H and O–H groups in total. The second-order valence-corrected chi connectivity index (χ2v) is 6.22. The number of Topliss-reactive ketones (excluding diaryl/α,β-unsaturated/α-hetero) is 1. The molecule has 0 fully saturated rings. The number of hydrogen-bond acceptors (Lipinski definition) is 6. The van der Waals surface area contributed by atoms with Crippen LogP contribution in [0.4, 0.5) is 11.6 Å². The molecular weight excluding hydrogens is 348 g/mol. The number of nitro groups is 1. The summed E-state index contributed by atoms with van der Waals surface area (Å²) >= 11 is 5.93. The molecule has 25 heavy (non-hydrogen) atoms. The third-order valence-electron chi connectivity index (χ3n) is 3.89. The van der Waals surface area contributed by atoms with E-state index in [4.69, 9.17) is 11.6 Å². The number of nitrogens with zero attached hydrogens (tertiary/aromatic N) is 3. The molecule has 0 spiro atoms. The van der Waals surface area contributed by atoms with Crippen LogP contribution in [0, 0.1) is 16.0 Å². The maximum Gasteiger partial charge on any atom is 0.288 e. The zero-order valence-electron chi connectivity index (χ0n) is 13.2. The minimum atomic E-state index is -0.665. The maximum atomic E-state index is 12.3. The van der Waals surface area contributed by atoms with Gasteiger partial charge in [-0.25, -0.2) is 9.97 Å². The summed E-state index contributed by atoms with van der Waals surface area (Å²) < 4.78 is 0. The van der Waals surface area contributed by atoms with E-state index >= 15 is 0 Å². The Kier molecular flexibility index (Phi) is 4.45. The molecule has 1 atom stereocenters. The molecule has 0 saturated heterocycles. The van der Waals surface area contributed by atoms with Gasteiger partial charge in [0.2, 0.25) is 5.95 Å². The van der Waals surface area contributed by atoms with E-state index in [9.17, 15) is 19.7 Å². The van der Waals surface area contributed by atoms with Crippen molar-refractivity contribution in [3.8, 4) is 0 Å². The number of amides is 1. The highest BCUT2D eigenvalue weighted by atomic mass is 35.5. The molecular formula is C16H13ClN4O4. The second kappa shape index (κ2) is 6.56. The first-order chi connectivity index (χ1) is 11.9. The Morgan fingerprint density at radius 3 is 2.88 bits per heavy atom. The smallest absolute Gasteiger partial charge is 0.288 e. The monoisotopic (exact) mass is 360 g/mol. The van der Waals surface area contributed by atoms with Gasteiger partial charge in [0.05, 0.1) is 21.7 Å². The van der Waals surface area contributed by atoms with Crippen LogP contribution in [0.15, 0.2) is 24.4 Å². The Morgan fingerprint density at radius 2 is 2.16 bits per heavy atom. The average molecular weight is 361 g/mol. The van der Waals surface area contributed by atoms with E-state index in [0.717, 1.165) is 0 Å². The van der Waals surface area contributed by atoms with Crippen LogP contribution in [-0.2, 0) is 6.42 Å². The number of benzene rings is 1. The van der Waals surface area contributed by atoms with Gasteiger partial charge in [0.15, 0.2) is 5.78 Å². The van der Waals surface area contributed by atoms with E-state index in [1.54, 1.807) is 0 Å². The highest BCUT2D eigenvalue weighted by Crippen LogP contribution is 2.28. The van der Waals surface area contributed by atoms with Crippen molar-refractivity contribution in [2.24, 2.45) is 5.92 Å². The molecule has 9 heteroatoms. The quantitative estimate of drug-likeness (QED) is 0.664. The van der Waals surface area contributed by atoms with Gasteiger partial charge >= 0.3 is 0 Å². The fourth-order valence-corrected chi connectivity index (χ4v) is 2.98. The average Bonchev–Trinajstić information content (AvgIpc) is 2.54. The molecule has 3 rings (SSSR count). The van der Waals surface area contributed by atoms with Gasteiger partial charge < -0.3 is 0 Å². The lowest BCUT2D eigenvalue weighted by Gasteiger charge is -2.19. The number of hydrogen-bond donors (Lipinski definition) is 1. The van der Waals surface area contributed by atoms with Gasteiger partial charge in [0, 0.05) is 18.7 Å². The van der Waals surface area contributed by atoms with Crippen LogP contribution < -0.4 is 5.32 Å². The fraction of sp³-hybridized carbons (Fsp3) is 0.250. The summed E-state index contributed by atoms with van der Waals surface area (Å²) in [6.45, 7) is 1.95. The van der Waals surface area contributed by atoms with E-state index in [1.165, 1.54) is 24.4 Å². The number of anilines is 1. The molecule has 1 amide bonds. The van der Waals surface area contributed by atoms with Crippen LogP contribution in [0.1, 0.15) is 39.8 Å². The zero-order chi connectivity index (χ0) is 18.1. The minimum absolute atomic E-state index is 0.0200. The van der Waals surface area contributed by atoms with E-state index in [-0.39, 0.29) is 33.9 Å². The Hall–Kier alpha value is -2.87. The van der Waals surface area contributed by atoms with Crippen LogP contribution in [0.2, 0.25) is 5.02 Å². The van der Waals surface area contributed by atoms with Gasteiger partial charge in [-0.15, -0.1) is 0 Å². The van der Waals surface area contributed by atoms with Gasteiger partial charge in [-0.2, -0.15) is 0 Å². The van der Waals surface area contributed by atoms with Crippen LogP contribution in [0.25, 0.3) is 0 Å². The minimum Gasteiger partial charge on any atom is -0.294 e. The summed E-state index contributed by atoms with van der Waals surface area (Å²) in [6, 6.07) is 3.95. The fourth-order valence-electron chi connectivity index (χ4n) is 2.70. The van der Waals surface area contributed by atoms with Crippen molar-refractivity contribution in [2.75, 3.05) is 5.32 Å². The molecule has 128 valence electrons. The lowest BCUT2D eigenvalue weighted by Crippen LogP contribution is -2.22. The number of carbonyl (C=O) groups is 2. The molecule has 0 radical (unpaired) electrons. The Balaban J connectivity index is 1.87. The highest BCUT2D eigenvalue weighted by Gasteiger charge is 2.25. The summed E-state index contributed by atoms with van der Waals surface area (Å²) in [4.78, 5) is 42.7. The molecule has 1 heterocycles. The number of carbonyl (C=O) groups excluding carboxylic acids is 2. The maximum absolute atomic E-state index is 12.3. The standard InChI is InChI=1S/C16H13ClN4O4/c1-8-5-11-10(13(22)6-8)7-18-16(19-11)20-15(23)9-3-2-4-12(14(9)17)21(24)25/h2-4,7-8H,5-6H2,1H3,(H,18,19,20,23)/t8-/m1/s1. The van der Waals surface area contributed by atoms with Gasteiger partial charge in [-0.05, 0) is 18.4 Å². The molecule has 8 nitrogen and oxygen atoms in total.